The second kappa shape index (κ2) is 10.4. The number of hydrogen-bond donors (Lipinski definition) is 4. The lowest BCUT2D eigenvalue weighted by Gasteiger charge is -2.19. The Kier molecular flexibility index (Phi) is 7.16. The molecule has 15 heteroatoms. The van der Waals surface area contributed by atoms with Crippen LogP contribution in [0.5, 0.6) is 0 Å². The van der Waals surface area contributed by atoms with Gasteiger partial charge in [0.2, 0.25) is 5.95 Å². The van der Waals surface area contributed by atoms with E-state index in [1.165, 1.54) is 22.9 Å². The molecule has 11 nitrogen and oxygen atoms in total. The average Bonchev–Trinajstić information content (AvgIpc) is 3.32. The number of hydrogen-bond acceptors (Lipinski definition) is 8. The van der Waals surface area contributed by atoms with Crippen LogP contribution in [0.3, 0.4) is 0 Å². The number of aromatic nitrogens is 6. The quantitative estimate of drug-likeness (QED) is 0.246. The van der Waals surface area contributed by atoms with Crippen LogP contribution in [-0.4, -0.2) is 46.6 Å². The van der Waals surface area contributed by atoms with Crippen LogP contribution in [-0.2, 0) is 4.79 Å². The van der Waals surface area contributed by atoms with Gasteiger partial charge in [0.1, 0.15) is 17.0 Å². The van der Waals surface area contributed by atoms with Gasteiger partial charge in [0.15, 0.2) is 11.5 Å². The molecule has 5 N–H and O–H groups in total. The van der Waals surface area contributed by atoms with Crippen molar-refractivity contribution in [3.8, 4) is 11.1 Å². The highest BCUT2D eigenvalue weighted by Crippen LogP contribution is 2.29. The van der Waals surface area contributed by atoms with Gasteiger partial charge in [0.25, 0.3) is 5.56 Å². The molecule has 5 aromatic rings. The molecule has 5 rings (SSSR count). The summed E-state index contributed by atoms with van der Waals surface area (Å²) in [4.78, 5) is 42.8. The highest BCUT2D eigenvalue weighted by Gasteiger charge is 2.38. The molecule has 0 aliphatic rings. The van der Waals surface area contributed by atoms with Gasteiger partial charge in [-0.3, -0.25) is 9.20 Å². The number of benzene rings is 1. The predicted molar refractivity (Wildman–Crippen MR) is 133 cm³/mol. The number of nitrogens with one attached hydrogen (secondary N) is 2. The van der Waals surface area contributed by atoms with E-state index in [0.717, 1.165) is 5.69 Å². The Morgan fingerprint density at radius 3 is 2.51 bits per heavy atom. The largest absolute Gasteiger partial charge is 0.490 e. The zero-order valence-corrected chi connectivity index (χ0v) is 20.3. The number of nitrogens with zero attached hydrogens (tertiary/aromatic N) is 5. The summed E-state index contributed by atoms with van der Waals surface area (Å²) in [7, 11) is 0. The normalized spacial score (nSPS) is 12.2. The molecule has 0 saturated carbocycles. The van der Waals surface area contributed by atoms with E-state index in [4.69, 9.17) is 20.6 Å². The van der Waals surface area contributed by atoms with Gasteiger partial charge in [-0.25, -0.2) is 19.2 Å². The second-order valence-corrected chi connectivity index (χ2v) is 8.25. The fraction of sp³-hybridized carbons (Fsp3) is 0.167. The predicted octanol–water partition coefficient (Wildman–Crippen LogP) is 3.86. The molecule has 1 atom stereocenters. The smallest absolute Gasteiger partial charge is 0.475 e. The van der Waals surface area contributed by atoms with E-state index in [1.54, 1.807) is 18.2 Å². The number of carbonyl (C=O) groups is 1. The molecular weight excluding hydrogens is 524 g/mol. The molecule has 1 aromatic carbocycles. The molecule has 202 valence electrons. The number of anilines is 2. The van der Waals surface area contributed by atoms with E-state index in [9.17, 15) is 22.4 Å². The number of fused-ring (bicyclic) bond motifs is 2. The van der Waals surface area contributed by atoms with Crippen LogP contribution in [0.25, 0.3) is 27.9 Å². The number of carboxylic acids is 1. The lowest BCUT2D eigenvalue weighted by Crippen LogP contribution is -2.24. The molecule has 0 spiro atoms. The van der Waals surface area contributed by atoms with Gasteiger partial charge in [0, 0.05) is 5.69 Å². The van der Waals surface area contributed by atoms with Crippen molar-refractivity contribution < 1.29 is 27.5 Å². The average molecular weight is 544 g/mol. The Balaban J connectivity index is 0.000000448. The van der Waals surface area contributed by atoms with Crippen molar-refractivity contribution in [2.24, 2.45) is 0 Å². The SMILES string of the molecule is Cc1cccc2nc(C(C)Nc3nc(N)nc4[nH]cnc34)c(-c3cccc(F)c3)c(=O)n12.O=C(O)C(F)(F)F. The van der Waals surface area contributed by atoms with Crippen LogP contribution in [0.15, 0.2) is 53.6 Å². The first-order valence-corrected chi connectivity index (χ1v) is 11.2. The molecule has 0 fully saturated rings. The van der Waals surface area contributed by atoms with Gasteiger partial charge >= 0.3 is 12.1 Å². The summed E-state index contributed by atoms with van der Waals surface area (Å²) in [6.45, 7) is 3.67. The summed E-state index contributed by atoms with van der Waals surface area (Å²) in [5, 5.41) is 10.4. The number of halogens is 4. The summed E-state index contributed by atoms with van der Waals surface area (Å²) in [5.74, 6) is -2.72. The zero-order valence-electron chi connectivity index (χ0n) is 20.3. The van der Waals surface area contributed by atoms with Crippen LogP contribution in [0, 0.1) is 12.7 Å². The van der Waals surface area contributed by atoms with Crippen molar-refractivity contribution in [2.75, 3.05) is 11.1 Å². The highest BCUT2D eigenvalue weighted by atomic mass is 19.4. The van der Waals surface area contributed by atoms with Crippen LogP contribution in [0.2, 0.25) is 0 Å². The fourth-order valence-electron chi connectivity index (χ4n) is 3.81. The molecule has 0 radical (unpaired) electrons. The molecule has 4 heterocycles. The lowest BCUT2D eigenvalue weighted by molar-refractivity contribution is -0.192. The molecule has 0 amide bonds. The zero-order chi connectivity index (χ0) is 28.5. The van der Waals surface area contributed by atoms with Gasteiger partial charge in [-0.1, -0.05) is 18.2 Å². The van der Waals surface area contributed by atoms with E-state index >= 15 is 0 Å². The first-order valence-electron chi connectivity index (χ1n) is 11.2. The van der Waals surface area contributed by atoms with Crippen molar-refractivity contribution in [3.05, 3.63) is 76.4 Å². The van der Waals surface area contributed by atoms with Crippen LogP contribution in [0.4, 0.5) is 29.3 Å². The van der Waals surface area contributed by atoms with Crippen molar-refractivity contribution in [3.63, 3.8) is 0 Å². The number of pyridine rings is 1. The van der Waals surface area contributed by atoms with Crippen molar-refractivity contribution >= 4 is 34.5 Å². The Morgan fingerprint density at radius 1 is 1.15 bits per heavy atom. The molecule has 39 heavy (non-hydrogen) atoms. The Bertz CT molecular complexity index is 1750. The van der Waals surface area contributed by atoms with Gasteiger partial charge in [-0.2, -0.15) is 23.1 Å². The maximum Gasteiger partial charge on any atom is 0.490 e. The number of aromatic amines is 1. The monoisotopic (exact) mass is 544 g/mol. The van der Waals surface area contributed by atoms with E-state index in [-0.39, 0.29) is 11.5 Å². The lowest BCUT2D eigenvalue weighted by atomic mass is 10.0. The first-order chi connectivity index (χ1) is 18.4. The topological polar surface area (TPSA) is 164 Å². The third kappa shape index (κ3) is 5.61. The third-order valence-corrected chi connectivity index (χ3v) is 5.49. The number of nitrogen functional groups attached to an aromatic ring is 1. The maximum absolute atomic E-state index is 14.1. The Hall–Kier alpha value is -5.08. The number of alkyl halides is 3. The van der Waals surface area contributed by atoms with E-state index < -0.39 is 24.0 Å². The van der Waals surface area contributed by atoms with Crippen molar-refractivity contribution in [1.82, 2.24) is 29.3 Å². The minimum absolute atomic E-state index is 0.0731. The molecule has 0 aliphatic carbocycles. The number of imidazole rings is 1. The summed E-state index contributed by atoms with van der Waals surface area (Å²) < 4.78 is 47.3. The number of rotatable bonds is 4. The van der Waals surface area contributed by atoms with Gasteiger partial charge in [-0.15, -0.1) is 0 Å². The number of aryl methyl sites for hydroxylation is 1. The van der Waals surface area contributed by atoms with E-state index in [2.05, 4.69) is 25.3 Å². The molecule has 0 bridgehead atoms. The summed E-state index contributed by atoms with van der Waals surface area (Å²) in [6.07, 6.45) is -3.59. The minimum Gasteiger partial charge on any atom is -0.475 e. The van der Waals surface area contributed by atoms with Crippen LogP contribution < -0.4 is 16.6 Å². The maximum atomic E-state index is 14.1. The molecule has 4 aromatic heterocycles. The molecule has 1 unspecified atom stereocenters. The summed E-state index contributed by atoms with van der Waals surface area (Å²) in [5.41, 5.74) is 8.95. The van der Waals surface area contributed by atoms with Crippen molar-refractivity contribution in [2.45, 2.75) is 26.1 Å². The standard InChI is InChI=1S/C22H19FN8O.C2HF3O2/c1-11-5-3-8-15-28-17(16(21(32)31(11)15)13-6-4-7-14(23)9-13)12(2)27-20-18-19(26-10-25-18)29-22(24)30-20;3-2(4,5)1(6)7/h3-10,12H,1-2H3,(H4,24,25,26,27,29,30);(H,6,7). The van der Waals surface area contributed by atoms with Crippen LogP contribution in [0.1, 0.15) is 24.4 Å². The molecule has 0 aliphatic heterocycles. The highest BCUT2D eigenvalue weighted by molar-refractivity contribution is 5.84. The number of nitrogens with two attached hydrogens (primary N) is 1. The number of aliphatic carboxylic acids is 1. The minimum atomic E-state index is -5.08. The molecule has 0 saturated heterocycles. The van der Waals surface area contributed by atoms with Gasteiger partial charge in [-0.05, 0) is 43.7 Å². The third-order valence-electron chi connectivity index (χ3n) is 5.49. The first kappa shape index (κ1) is 27.0. The molecular formula is C24H20F4N8O3. The van der Waals surface area contributed by atoms with E-state index in [0.29, 0.717) is 39.4 Å². The fourth-order valence-corrected chi connectivity index (χ4v) is 3.81. The van der Waals surface area contributed by atoms with Gasteiger partial charge < -0.3 is 21.1 Å². The van der Waals surface area contributed by atoms with Crippen LogP contribution >= 0.6 is 0 Å². The summed E-state index contributed by atoms with van der Waals surface area (Å²) >= 11 is 0. The Morgan fingerprint density at radius 2 is 1.85 bits per heavy atom. The second-order valence-electron chi connectivity index (χ2n) is 8.25. The van der Waals surface area contributed by atoms with Crippen molar-refractivity contribution in [1.29, 1.82) is 0 Å². The number of carboxylic acid groups (broad SMARTS) is 1. The van der Waals surface area contributed by atoms with E-state index in [1.807, 2.05) is 26.0 Å². The summed E-state index contributed by atoms with van der Waals surface area (Å²) in [6, 6.07) is 10.8. The number of H-pyrrole nitrogens is 1. The van der Waals surface area contributed by atoms with Gasteiger partial charge in [0.05, 0.1) is 23.6 Å². The Labute approximate surface area is 216 Å².